The standard InChI is InChI=1S/C20H23FN2O2/c1-15(2)13-23(14-19(24)17-6-8-18(21)9-7-17)20(25)10-5-16-4-3-11-22-12-16/h3-12,15,19,24H,13-14H2,1-2H3/b10-5+. The molecule has 1 heterocycles. The molecule has 0 saturated heterocycles. The van der Waals surface area contributed by atoms with Gasteiger partial charge < -0.3 is 10.0 Å². The van der Waals surface area contributed by atoms with Crippen molar-refractivity contribution in [3.05, 3.63) is 71.8 Å². The number of nitrogens with zero attached hydrogens (tertiary/aromatic N) is 2. The van der Waals surface area contributed by atoms with Crippen LogP contribution in [0.1, 0.15) is 31.1 Å². The van der Waals surface area contributed by atoms with E-state index in [-0.39, 0.29) is 24.2 Å². The van der Waals surface area contributed by atoms with Crippen molar-refractivity contribution in [1.29, 1.82) is 0 Å². The number of aliphatic hydroxyl groups is 1. The first-order valence-electron chi connectivity index (χ1n) is 8.26. The molecule has 25 heavy (non-hydrogen) atoms. The second kappa shape index (κ2) is 9.08. The summed E-state index contributed by atoms with van der Waals surface area (Å²) in [5, 5.41) is 10.4. The van der Waals surface area contributed by atoms with Gasteiger partial charge in [0.05, 0.1) is 12.6 Å². The lowest BCUT2D eigenvalue weighted by atomic mass is 10.1. The molecule has 1 unspecified atom stereocenters. The highest BCUT2D eigenvalue weighted by Crippen LogP contribution is 2.16. The lowest BCUT2D eigenvalue weighted by molar-refractivity contribution is -0.128. The zero-order valence-electron chi connectivity index (χ0n) is 14.5. The predicted octanol–water partition coefficient (Wildman–Crippen LogP) is 3.45. The Balaban J connectivity index is 2.08. The van der Waals surface area contributed by atoms with E-state index in [0.717, 1.165) is 5.56 Å². The maximum atomic E-state index is 13.0. The van der Waals surface area contributed by atoms with Crippen molar-refractivity contribution in [2.24, 2.45) is 5.92 Å². The second-order valence-corrected chi connectivity index (χ2v) is 6.32. The lowest BCUT2D eigenvalue weighted by Crippen LogP contribution is -2.36. The van der Waals surface area contributed by atoms with Crippen molar-refractivity contribution in [3.8, 4) is 0 Å². The summed E-state index contributed by atoms with van der Waals surface area (Å²) in [7, 11) is 0. The van der Waals surface area contributed by atoms with Crippen LogP contribution >= 0.6 is 0 Å². The molecule has 0 radical (unpaired) electrons. The van der Waals surface area contributed by atoms with Crippen LogP contribution < -0.4 is 0 Å². The van der Waals surface area contributed by atoms with Crippen LogP contribution in [0.4, 0.5) is 4.39 Å². The molecular formula is C20H23FN2O2. The van der Waals surface area contributed by atoms with Crippen molar-refractivity contribution in [3.63, 3.8) is 0 Å². The van der Waals surface area contributed by atoms with E-state index in [1.165, 1.54) is 30.3 Å². The Labute approximate surface area is 147 Å². The highest BCUT2D eigenvalue weighted by atomic mass is 19.1. The molecule has 0 fully saturated rings. The number of halogens is 1. The monoisotopic (exact) mass is 342 g/mol. The van der Waals surface area contributed by atoms with Gasteiger partial charge >= 0.3 is 0 Å². The van der Waals surface area contributed by atoms with E-state index < -0.39 is 6.10 Å². The molecule has 1 aromatic carbocycles. The minimum atomic E-state index is -0.866. The number of carbonyl (C=O) groups is 1. The Kier molecular flexibility index (Phi) is 6.83. The van der Waals surface area contributed by atoms with E-state index in [1.807, 2.05) is 19.9 Å². The van der Waals surface area contributed by atoms with Gasteiger partial charge in [0.15, 0.2) is 0 Å². The summed E-state index contributed by atoms with van der Waals surface area (Å²) >= 11 is 0. The molecule has 0 aliphatic carbocycles. The number of aliphatic hydroxyl groups excluding tert-OH is 1. The highest BCUT2D eigenvalue weighted by molar-refractivity contribution is 5.91. The van der Waals surface area contributed by atoms with Crippen molar-refractivity contribution in [1.82, 2.24) is 9.88 Å². The summed E-state index contributed by atoms with van der Waals surface area (Å²) in [4.78, 5) is 18.1. The van der Waals surface area contributed by atoms with Crippen LogP contribution in [0.15, 0.2) is 54.9 Å². The van der Waals surface area contributed by atoms with E-state index in [4.69, 9.17) is 0 Å². The fourth-order valence-electron chi connectivity index (χ4n) is 2.44. The van der Waals surface area contributed by atoms with Crippen molar-refractivity contribution >= 4 is 12.0 Å². The summed E-state index contributed by atoms with van der Waals surface area (Å²) in [5.74, 6) is -0.277. The summed E-state index contributed by atoms with van der Waals surface area (Å²) in [6.45, 7) is 4.69. The first-order chi connectivity index (χ1) is 12.0. The maximum absolute atomic E-state index is 13.0. The summed E-state index contributed by atoms with van der Waals surface area (Å²) in [5.41, 5.74) is 1.42. The van der Waals surface area contributed by atoms with E-state index in [1.54, 1.807) is 29.4 Å². The van der Waals surface area contributed by atoms with Crippen LogP contribution in [-0.2, 0) is 4.79 Å². The number of carbonyl (C=O) groups excluding carboxylic acids is 1. The van der Waals surface area contributed by atoms with E-state index in [2.05, 4.69) is 4.98 Å². The molecule has 1 amide bonds. The van der Waals surface area contributed by atoms with E-state index >= 15 is 0 Å². The quantitative estimate of drug-likeness (QED) is 0.784. The van der Waals surface area contributed by atoms with Gasteiger partial charge in [0.1, 0.15) is 5.82 Å². The van der Waals surface area contributed by atoms with Crippen molar-refractivity contribution in [2.45, 2.75) is 20.0 Å². The number of hydrogen-bond donors (Lipinski definition) is 1. The fraction of sp³-hybridized carbons (Fsp3) is 0.300. The molecule has 0 aliphatic rings. The van der Waals surface area contributed by atoms with Crippen LogP contribution in [0, 0.1) is 11.7 Å². The van der Waals surface area contributed by atoms with Crippen molar-refractivity contribution in [2.75, 3.05) is 13.1 Å². The minimum absolute atomic E-state index is 0.153. The third-order valence-electron chi connectivity index (χ3n) is 3.65. The largest absolute Gasteiger partial charge is 0.387 e. The van der Waals surface area contributed by atoms with Gasteiger partial charge in [-0.2, -0.15) is 0 Å². The Bertz CT molecular complexity index is 699. The Morgan fingerprint density at radius 3 is 2.56 bits per heavy atom. The number of hydrogen-bond acceptors (Lipinski definition) is 3. The minimum Gasteiger partial charge on any atom is -0.387 e. The van der Waals surface area contributed by atoms with Gasteiger partial charge in [0.25, 0.3) is 0 Å². The third-order valence-corrected chi connectivity index (χ3v) is 3.65. The maximum Gasteiger partial charge on any atom is 0.246 e. The Morgan fingerprint density at radius 2 is 1.96 bits per heavy atom. The van der Waals surface area contributed by atoms with Crippen LogP contribution in [-0.4, -0.2) is 34.0 Å². The first kappa shape index (κ1) is 18.8. The lowest BCUT2D eigenvalue weighted by Gasteiger charge is -2.26. The molecule has 0 bridgehead atoms. The summed E-state index contributed by atoms with van der Waals surface area (Å²) in [6.07, 6.45) is 5.66. The molecule has 5 heteroatoms. The van der Waals surface area contributed by atoms with Crippen LogP contribution in [0.2, 0.25) is 0 Å². The summed E-state index contributed by atoms with van der Waals surface area (Å²) < 4.78 is 13.0. The Hall–Kier alpha value is -2.53. The summed E-state index contributed by atoms with van der Waals surface area (Å²) in [6, 6.07) is 9.32. The number of rotatable bonds is 7. The zero-order chi connectivity index (χ0) is 18.2. The highest BCUT2D eigenvalue weighted by Gasteiger charge is 2.18. The van der Waals surface area contributed by atoms with Crippen LogP contribution in [0.3, 0.4) is 0 Å². The molecule has 0 saturated carbocycles. The second-order valence-electron chi connectivity index (χ2n) is 6.32. The van der Waals surface area contributed by atoms with E-state index in [0.29, 0.717) is 12.1 Å². The van der Waals surface area contributed by atoms with Gasteiger partial charge in [0.2, 0.25) is 5.91 Å². The number of aromatic nitrogens is 1. The molecular weight excluding hydrogens is 319 g/mol. The molecule has 0 spiro atoms. The zero-order valence-corrected chi connectivity index (χ0v) is 14.5. The van der Waals surface area contributed by atoms with Gasteiger partial charge in [-0.25, -0.2) is 4.39 Å². The first-order valence-corrected chi connectivity index (χ1v) is 8.26. The molecule has 1 atom stereocenters. The van der Waals surface area contributed by atoms with Crippen molar-refractivity contribution < 1.29 is 14.3 Å². The molecule has 2 rings (SSSR count). The molecule has 2 aromatic rings. The van der Waals surface area contributed by atoms with Crippen LogP contribution in [0.5, 0.6) is 0 Å². The van der Waals surface area contributed by atoms with Gasteiger partial charge in [-0.3, -0.25) is 9.78 Å². The third kappa shape index (κ3) is 6.12. The van der Waals surface area contributed by atoms with Gasteiger partial charge in [-0.1, -0.05) is 32.0 Å². The number of benzene rings is 1. The van der Waals surface area contributed by atoms with Gasteiger partial charge in [0, 0.05) is 25.0 Å². The molecule has 132 valence electrons. The predicted molar refractivity (Wildman–Crippen MR) is 96.0 cm³/mol. The molecule has 0 aliphatic heterocycles. The average Bonchev–Trinajstić information content (AvgIpc) is 2.60. The van der Waals surface area contributed by atoms with Crippen LogP contribution in [0.25, 0.3) is 6.08 Å². The topological polar surface area (TPSA) is 53.4 Å². The van der Waals surface area contributed by atoms with E-state index in [9.17, 15) is 14.3 Å². The average molecular weight is 342 g/mol. The number of pyridine rings is 1. The van der Waals surface area contributed by atoms with Gasteiger partial charge in [-0.15, -0.1) is 0 Å². The smallest absolute Gasteiger partial charge is 0.246 e. The molecule has 1 aromatic heterocycles. The molecule has 1 N–H and O–H groups in total. The fourth-order valence-corrected chi connectivity index (χ4v) is 2.44. The molecule has 4 nitrogen and oxygen atoms in total. The normalized spacial score (nSPS) is 12.5. The SMILES string of the molecule is CC(C)CN(CC(O)c1ccc(F)cc1)C(=O)/C=C/c1cccnc1. The number of amides is 1. The van der Waals surface area contributed by atoms with Gasteiger partial charge in [-0.05, 0) is 41.3 Å². The Morgan fingerprint density at radius 1 is 1.24 bits per heavy atom.